The Labute approximate surface area is 97.3 Å². The SMILES string of the molecule is CC(=O)OC[C@@H]1Oc2ccc(C(N)=O)cc2O1. The van der Waals surface area contributed by atoms with Gasteiger partial charge in [-0.25, -0.2) is 0 Å². The predicted molar refractivity (Wildman–Crippen MR) is 56.6 cm³/mol. The highest BCUT2D eigenvalue weighted by molar-refractivity contribution is 5.93. The Balaban J connectivity index is 2.06. The first-order valence-electron chi connectivity index (χ1n) is 4.97. The topological polar surface area (TPSA) is 87.9 Å². The lowest BCUT2D eigenvalue weighted by Gasteiger charge is -2.09. The summed E-state index contributed by atoms with van der Waals surface area (Å²) in [5, 5.41) is 0. The van der Waals surface area contributed by atoms with Gasteiger partial charge in [-0.2, -0.15) is 0 Å². The first-order valence-corrected chi connectivity index (χ1v) is 4.97. The summed E-state index contributed by atoms with van der Waals surface area (Å²) in [6, 6.07) is 4.62. The molecule has 0 radical (unpaired) electrons. The molecule has 0 unspecified atom stereocenters. The molecule has 0 saturated carbocycles. The zero-order valence-electron chi connectivity index (χ0n) is 9.14. The molecule has 17 heavy (non-hydrogen) atoms. The van der Waals surface area contributed by atoms with Crippen LogP contribution in [-0.2, 0) is 9.53 Å². The molecule has 1 amide bonds. The minimum absolute atomic E-state index is 0.00405. The minimum atomic E-state index is -0.683. The van der Waals surface area contributed by atoms with Gasteiger partial charge in [-0.05, 0) is 18.2 Å². The van der Waals surface area contributed by atoms with E-state index in [1.807, 2.05) is 0 Å². The number of hydrogen-bond donors (Lipinski definition) is 1. The number of esters is 1. The van der Waals surface area contributed by atoms with Crippen molar-refractivity contribution in [2.75, 3.05) is 6.61 Å². The number of rotatable bonds is 3. The van der Waals surface area contributed by atoms with Crippen molar-refractivity contribution in [2.45, 2.75) is 13.2 Å². The van der Waals surface area contributed by atoms with Crippen molar-refractivity contribution in [1.29, 1.82) is 0 Å². The van der Waals surface area contributed by atoms with Crippen molar-refractivity contribution < 1.29 is 23.8 Å². The fourth-order valence-corrected chi connectivity index (χ4v) is 1.41. The van der Waals surface area contributed by atoms with Gasteiger partial charge in [-0.1, -0.05) is 0 Å². The van der Waals surface area contributed by atoms with Gasteiger partial charge in [0, 0.05) is 12.5 Å². The summed E-state index contributed by atoms with van der Waals surface area (Å²) in [4.78, 5) is 21.6. The van der Waals surface area contributed by atoms with Crippen molar-refractivity contribution in [3.63, 3.8) is 0 Å². The van der Waals surface area contributed by atoms with Gasteiger partial charge in [0.25, 0.3) is 6.29 Å². The van der Waals surface area contributed by atoms with Crippen molar-refractivity contribution in [1.82, 2.24) is 0 Å². The predicted octanol–water partition coefficient (Wildman–Crippen LogP) is 0.446. The molecule has 0 aromatic heterocycles. The minimum Gasteiger partial charge on any atom is -0.458 e. The van der Waals surface area contributed by atoms with E-state index in [0.29, 0.717) is 17.1 Å². The van der Waals surface area contributed by atoms with Crippen molar-refractivity contribution in [3.8, 4) is 11.5 Å². The maximum Gasteiger partial charge on any atom is 0.302 e. The summed E-state index contributed by atoms with van der Waals surface area (Å²) in [5.74, 6) is -0.0450. The van der Waals surface area contributed by atoms with Crippen LogP contribution >= 0.6 is 0 Å². The molecule has 90 valence electrons. The number of fused-ring (bicyclic) bond motifs is 1. The van der Waals surface area contributed by atoms with Crippen LogP contribution in [0, 0.1) is 0 Å². The normalized spacial score (nSPS) is 16.6. The molecule has 1 aromatic carbocycles. The molecule has 0 saturated heterocycles. The lowest BCUT2D eigenvalue weighted by molar-refractivity contribution is -0.147. The number of primary amides is 1. The number of amides is 1. The van der Waals surface area contributed by atoms with Crippen molar-refractivity contribution >= 4 is 11.9 Å². The lowest BCUT2D eigenvalue weighted by Crippen LogP contribution is -2.25. The van der Waals surface area contributed by atoms with Crippen LogP contribution in [0.15, 0.2) is 18.2 Å². The highest BCUT2D eigenvalue weighted by Crippen LogP contribution is 2.35. The van der Waals surface area contributed by atoms with E-state index in [4.69, 9.17) is 19.9 Å². The number of nitrogens with two attached hydrogens (primary N) is 1. The van der Waals surface area contributed by atoms with Crippen LogP contribution in [0.2, 0.25) is 0 Å². The zero-order valence-corrected chi connectivity index (χ0v) is 9.14. The van der Waals surface area contributed by atoms with Crippen LogP contribution in [0.25, 0.3) is 0 Å². The van der Waals surface area contributed by atoms with Crippen molar-refractivity contribution in [2.24, 2.45) is 5.73 Å². The third-order valence-corrected chi connectivity index (χ3v) is 2.17. The summed E-state index contributed by atoms with van der Waals surface area (Å²) in [6.45, 7) is 1.29. The highest BCUT2D eigenvalue weighted by Gasteiger charge is 2.25. The van der Waals surface area contributed by atoms with E-state index in [-0.39, 0.29) is 6.61 Å². The Morgan fingerprint density at radius 3 is 2.71 bits per heavy atom. The summed E-state index contributed by atoms with van der Waals surface area (Å²) in [6.07, 6.45) is -0.683. The molecule has 1 aromatic rings. The molecule has 0 spiro atoms. The molecule has 2 rings (SSSR count). The van der Waals surface area contributed by atoms with Gasteiger partial charge in [0.1, 0.15) is 0 Å². The molecule has 1 aliphatic rings. The largest absolute Gasteiger partial charge is 0.458 e. The van der Waals surface area contributed by atoms with Gasteiger partial charge in [0.05, 0.1) is 0 Å². The highest BCUT2D eigenvalue weighted by atomic mass is 16.7. The van der Waals surface area contributed by atoms with E-state index in [9.17, 15) is 9.59 Å². The maximum atomic E-state index is 11.0. The Morgan fingerprint density at radius 2 is 2.06 bits per heavy atom. The van der Waals surface area contributed by atoms with Gasteiger partial charge in [-0.3, -0.25) is 9.59 Å². The zero-order chi connectivity index (χ0) is 12.4. The van der Waals surface area contributed by atoms with Crippen LogP contribution in [0.4, 0.5) is 0 Å². The molecule has 1 atom stereocenters. The van der Waals surface area contributed by atoms with Gasteiger partial charge < -0.3 is 19.9 Å². The lowest BCUT2D eigenvalue weighted by atomic mass is 10.2. The van der Waals surface area contributed by atoms with Crippen LogP contribution in [0.5, 0.6) is 11.5 Å². The molecule has 0 bridgehead atoms. The molecular weight excluding hydrogens is 226 g/mol. The smallest absolute Gasteiger partial charge is 0.302 e. The molecular formula is C11H11NO5. The Hall–Kier alpha value is -2.24. The quantitative estimate of drug-likeness (QED) is 0.771. The summed E-state index contributed by atoms with van der Waals surface area (Å²) in [7, 11) is 0. The Morgan fingerprint density at radius 1 is 1.35 bits per heavy atom. The van der Waals surface area contributed by atoms with E-state index in [1.165, 1.54) is 13.0 Å². The monoisotopic (exact) mass is 237 g/mol. The average Bonchev–Trinajstić information content (AvgIpc) is 2.67. The number of ether oxygens (including phenoxy) is 3. The van der Waals surface area contributed by atoms with Crippen molar-refractivity contribution in [3.05, 3.63) is 23.8 Å². The molecule has 1 aliphatic heterocycles. The van der Waals surface area contributed by atoms with E-state index >= 15 is 0 Å². The number of hydrogen-bond acceptors (Lipinski definition) is 5. The van der Waals surface area contributed by atoms with E-state index < -0.39 is 18.2 Å². The molecule has 2 N–H and O–H groups in total. The summed E-state index contributed by atoms with van der Waals surface area (Å²) >= 11 is 0. The van der Waals surface area contributed by atoms with Gasteiger partial charge in [-0.15, -0.1) is 0 Å². The molecule has 0 aliphatic carbocycles. The molecule has 0 fully saturated rings. The van der Waals surface area contributed by atoms with E-state index in [1.54, 1.807) is 12.1 Å². The first kappa shape index (κ1) is 11.3. The summed E-state index contributed by atoms with van der Waals surface area (Å²) in [5.41, 5.74) is 5.47. The van der Waals surface area contributed by atoms with Gasteiger partial charge in [0.2, 0.25) is 5.91 Å². The third-order valence-electron chi connectivity index (χ3n) is 2.17. The second-order valence-electron chi connectivity index (χ2n) is 3.49. The van der Waals surface area contributed by atoms with Crippen LogP contribution in [0.1, 0.15) is 17.3 Å². The van der Waals surface area contributed by atoms with Crippen LogP contribution in [-0.4, -0.2) is 24.8 Å². The summed E-state index contributed by atoms with van der Waals surface area (Å²) < 4.78 is 15.4. The second kappa shape index (κ2) is 4.32. The van der Waals surface area contributed by atoms with E-state index in [2.05, 4.69) is 0 Å². The van der Waals surface area contributed by atoms with Crippen LogP contribution in [0.3, 0.4) is 0 Å². The van der Waals surface area contributed by atoms with Gasteiger partial charge in [0.15, 0.2) is 18.1 Å². The Kier molecular flexibility index (Phi) is 2.86. The van der Waals surface area contributed by atoms with Crippen LogP contribution < -0.4 is 15.2 Å². The number of benzene rings is 1. The fraction of sp³-hybridized carbons (Fsp3) is 0.273. The van der Waals surface area contributed by atoms with E-state index in [0.717, 1.165) is 0 Å². The molecule has 1 heterocycles. The maximum absolute atomic E-state index is 11.0. The second-order valence-corrected chi connectivity index (χ2v) is 3.49. The standard InChI is InChI=1S/C11H11NO5/c1-6(13)15-5-10-16-8-3-2-7(11(12)14)4-9(8)17-10/h2-4,10H,5H2,1H3,(H2,12,14)/t10-/m1/s1. The third kappa shape index (κ3) is 2.47. The number of carbonyl (C=O) groups excluding carboxylic acids is 2. The Bertz CT molecular complexity index is 471. The first-order chi connectivity index (χ1) is 8.06. The number of carbonyl (C=O) groups is 2. The molecule has 6 nitrogen and oxygen atoms in total. The molecule has 6 heteroatoms. The van der Waals surface area contributed by atoms with Gasteiger partial charge >= 0.3 is 5.97 Å². The average molecular weight is 237 g/mol. The fourth-order valence-electron chi connectivity index (χ4n) is 1.41.